The number of amides is 1. The molecule has 132 valence electrons. The number of carbonyl (C=O) groups excluding carboxylic acids is 1. The largest absolute Gasteiger partial charge is 0.493 e. The fourth-order valence-electron chi connectivity index (χ4n) is 3.16. The van der Waals surface area contributed by atoms with Crippen LogP contribution in [-0.2, 0) is 0 Å². The number of aromatic nitrogens is 1. The maximum absolute atomic E-state index is 12.7. The predicted octanol–water partition coefficient (Wildman–Crippen LogP) is 2.23. The molecule has 6 heteroatoms. The van der Waals surface area contributed by atoms with Crippen LogP contribution in [0.25, 0.3) is 0 Å². The summed E-state index contributed by atoms with van der Waals surface area (Å²) >= 11 is 0. The molecule has 2 heterocycles. The van der Waals surface area contributed by atoms with E-state index in [2.05, 4.69) is 16.9 Å². The van der Waals surface area contributed by atoms with Gasteiger partial charge in [-0.25, -0.2) is 0 Å². The first-order valence-electron chi connectivity index (χ1n) is 8.25. The van der Waals surface area contributed by atoms with Crippen molar-refractivity contribution in [3.8, 4) is 11.5 Å². The Balaban J connectivity index is 1.82. The van der Waals surface area contributed by atoms with Gasteiger partial charge < -0.3 is 14.4 Å². The first-order valence-corrected chi connectivity index (χ1v) is 8.25. The Bertz CT molecular complexity index is 736. The lowest BCUT2D eigenvalue weighted by Crippen LogP contribution is -2.49. The first kappa shape index (κ1) is 17.2. The van der Waals surface area contributed by atoms with Crippen molar-refractivity contribution in [3.05, 3.63) is 53.9 Å². The highest BCUT2D eigenvalue weighted by atomic mass is 16.5. The number of benzene rings is 1. The van der Waals surface area contributed by atoms with Crippen LogP contribution in [0.5, 0.6) is 11.5 Å². The van der Waals surface area contributed by atoms with Crippen LogP contribution in [0.4, 0.5) is 0 Å². The topological polar surface area (TPSA) is 54.9 Å². The Hall–Kier alpha value is -2.60. The second kappa shape index (κ2) is 7.53. The van der Waals surface area contributed by atoms with Crippen LogP contribution in [0, 0.1) is 0 Å². The Labute approximate surface area is 148 Å². The predicted molar refractivity (Wildman–Crippen MR) is 95.1 cm³/mol. The fourth-order valence-corrected chi connectivity index (χ4v) is 3.16. The summed E-state index contributed by atoms with van der Waals surface area (Å²) in [4.78, 5) is 20.9. The Morgan fingerprint density at radius 3 is 2.48 bits per heavy atom. The van der Waals surface area contributed by atoms with E-state index in [9.17, 15) is 4.79 Å². The van der Waals surface area contributed by atoms with Crippen LogP contribution in [0.1, 0.15) is 22.0 Å². The molecule has 1 fully saturated rings. The van der Waals surface area contributed by atoms with Crippen LogP contribution < -0.4 is 9.47 Å². The van der Waals surface area contributed by atoms with Crippen molar-refractivity contribution < 1.29 is 14.3 Å². The molecule has 1 aromatic heterocycles. The van der Waals surface area contributed by atoms with E-state index < -0.39 is 0 Å². The number of methoxy groups -OCH3 is 2. The number of hydrogen-bond donors (Lipinski definition) is 0. The number of hydrogen-bond acceptors (Lipinski definition) is 5. The van der Waals surface area contributed by atoms with E-state index in [1.165, 1.54) is 0 Å². The van der Waals surface area contributed by atoms with Gasteiger partial charge in [0.05, 0.1) is 20.3 Å². The highest BCUT2D eigenvalue weighted by molar-refractivity contribution is 5.94. The number of pyridine rings is 1. The number of piperazine rings is 1. The average Bonchev–Trinajstić information content (AvgIpc) is 2.68. The van der Waals surface area contributed by atoms with Gasteiger partial charge in [-0.05, 0) is 36.9 Å². The molecule has 0 spiro atoms. The zero-order valence-electron chi connectivity index (χ0n) is 14.8. The fraction of sp³-hybridized carbons (Fsp3) is 0.368. The summed E-state index contributed by atoms with van der Waals surface area (Å²) in [5.41, 5.74) is 1.78. The van der Waals surface area contributed by atoms with Gasteiger partial charge in [-0.1, -0.05) is 6.07 Å². The molecule has 1 unspecified atom stereocenters. The Morgan fingerprint density at radius 2 is 1.80 bits per heavy atom. The normalized spacial score (nSPS) is 18.0. The molecule has 1 aliphatic rings. The third kappa shape index (κ3) is 3.58. The van der Waals surface area contributed by atoms with Gasteiger partial charge in [0.25, 0.3) is 5.91 Å². The molecule has 0 radical (unpaired) electrons. The van der Waals surface area contributed by atoms with Crippen molar-refractivity contribution in [2.24, 2.45) is 0 Å². The molecule has 1 atom stereocenters. The summed E-state index contributed by atoms with van der Waals surface area (Å²) < 4.78 is 10.7. The highest BCUT2D eigenvalue weighted by Crippen LogP contribution is 2.33. The quantitative estimate of drug-likeness (QED) is 0.854. The van der Waals surface area contributed by atoms with E-state index >= 15 is 0 Å². The summed E-state index contributed by atoms with van der Waals surface area (Å²) in [5.74, 6) is 1.45. The lowest BCUT2D eigenvalue weighted by atomic mass is 10.0. The molecule has 25 heavy (non-hydrogen) atoms. The number of carbonyl (C=O) groups is 1. The Kier molecular flexibility index (Phi) is 5.19. The molecule has 0 saturated carbocycles. The zero-order chi connectivity index (χ0) is 17.8. The van der Waals surface area contributed by atoms with Crippen molar-refractivity contribution in [2.45, 2.75) is 6.04 Å². The summed E-state index contributed by atoms with van der Waals surface area (Å²) in [6.45, 7) is 2.16. The van der Waals surface area contributed by atoms with Gasteiger partial charge in [-0.2, -0.15) is 0 Å². The van der Waals surface area contributed by atoms with Gasteiger partial charge in [0.1, 0.15) is 0 Å². The van der Waals surface area contributed by atoms with Gasteiger partial charge in [0.15, 0.2) is 11.5 Å². The van der Waals surface area contributed by atoms with E-state index in [4.69, 9.17) is 9.47 Å². The SMILES string of the molecule is COc1ccc(C2CN(C(=O)c3ccncc3)CCN2C)cc1OC. The van der Waals surface area contributed by atoms with Crippen molar-refractivity contribution in [1.82, 2.24) is 14.8 Å². The summed E-state index contributed by atoms with van der Waals surface area (Å²) in [6, 6.07) is 9.55. The maximum atomic E-state index is 12.7. The molecule has 2 aromatic rings. The molecule has 0 aliphatic carbocycles. The summed E-state index contributed by atoms with van der Waals surface area (Å²) in [5, 5.41) is 0. The number of ether oxygens (including phenoxy) is 2. The molecule has 0 N–H and O–H groups in total. The maximum Gasteiger partial charge on any atom is 0.254 e. The van der Waals surface area contributed by atoms with Crippen LogP contribution in [0.15, 0.2) is 42.7 Å². The third-order valence-corrected chi connectivity index (χ3v) is 4.65. The van der Waals surface area contributed by atoms with Crippen molar-refractivity contribution in [3.63, 3.8) is 0 Å². The van der Waals surface area contributed by atoms with Crippen LogP contribution in [0.2, 0.25) is 0 Å². The molecule has 1 saturated heterocycles. The average molecular weight is 341 g/mol. The second-order valence-corrected chi connectivity index (χ2v) is 6.10. The number of rotatable bonds is 4. The van der Waals surface area contributed by atoms with E-state index in [-0.39, 0.29) is 11.9 Å². The molecular formula is C19H23N3O3. The van der Waals surface area contributed by atoms with Crippen LogP contribution in [-0.4, -0.2) is 61.6 Å². The zero-order valence-corrected chi connectivity index (χ0v) is 14.8. The molecule has 1 aromatic carbocycles. The van der Waals surface area contributed by atoms with Crippen LogP contribution in [0.3, 0.4) is 0 Å². The van der Waals surface area contributed by atoms with Crippen LogP contribution >= 0.6 is 0 Å². The monoisotopic (exact) mass is 341 g/mol. The minimum Gasteiger partial charge on any atom is -0.493 e. The van der Waals surface area contributed by atoms with Gasteiger partial charge in [-0.15, -0.1) is 0 Å². The smallest absolute Gasteiger partial charge is 0.254 e. The van der Waals surface area contributed by atoms with E-state index in [0.717, 1.165) is 12.1 Å². The number of likely N-dealkylation sites (N-methyl/N-ethyl adjacent to an activating group) is 1. The molecule has 1 aliphatic heterocycles. The van der Waals surface area contributed by atoms with E-state index in [0.29, 0.717) is 30.2 Å². The lowest BCUT2D eigenvalue weighted by Gasteiger charge is -2.39. The van der Waals surface area contributed by atoms with E-state index in [1.807, 2.05) is 23.1 Å². The Morgan fingerprint density at radius 1 is 1.08 bits per heavy atom. The second-order valence-electron chi connectivity index (χ2n) is 6.10. The van der Waals surface area contributed by atoms with Gasteiger partial charge in [0.2, 0.25) is 0 Å². The molecule has 6 nitrogen and oxygen atoms in total. The minimum atomic E-state index is 0.0426. The molecule has 1 amide bonds. The first-order chi connectivity index (χ1) is 12.1. The van der Waals surface area contributed by atoms with Gasteiger partial charge in [0, 0.05) is 37.6 Å². The van der Waals surface area contributed by atoms with Crippen molar-refractivity contribution in [1.29, 1.82) is 0 Å². The van der Waals surface area contributed by atoms with E-state index in [1.54, 1.807) is 38.7 Å². The minimum absolute atomic E-state index is 0.0426. The van der Waals surface area contributed by atoms with Gasteiger partial charge >= 0.3 is 0 Å². The molecule has 3 rings (SSSR count). The lowest BCUT2D eigenvalue weighted by molar-refractivity contribution is 0.0546. The standard InChI is InChI=1S/C19H23N3O3/c1-21-10-11-22(19(23)14-6-8-20-9-7-14)13-16(21)15-4-5-17(24-2)18(12-15)25-3/h4-9,12,16H,10-11,13H2,1-3H3. The van der Waals surface area contributed by atoms with Crippen molar-refractivity contribution in [2.75, 3.05) is 40.9 Å². The summed E-state index contributed by atoms with van der Waals surface area (Å²) in [6.07, 6.45) is 3.30. The number of nitrogens with zero attached hydrogens (tertiary/aromatic N) is 3. The summed E-state index contributed by atoms with van der Waals surface area (Å²) in [7, 11) is 5.33. The third-order valence-electron chi connectivity index (χ3n) is 4.65. The molecule has 0 bridgehead atoms. The van der Waals surface area contributed by atoms with Gasteiger partial charge in [-0.3, -0.25) is 14.7 Å². The molecular weight excluding hydrogens is 318 g/mol. The highest BCUT2D eigenvalue weighted by Gasteiger charge is 2.29. The van der Waals surface area contributed by atoms with Crippen molar-refractivity contribution >= 4 is 5.91 Å².